The highest BCUT2D eigenvalue weighted by Crippen LogP contribution is 2.39. The van der Waals surface area contributed by atoms with Crippen LogP contribution in [0.25, 0.3) is 0 Å². The Kier molecular flexibility index (Phi) is 3.35. The first-order chi connectivity index (χ1) is 9.60. The summed E-state index contributed by atoms with van der Waals surface area (Å²) in [6.45, 7) is 2.13. The van der Waals surface area contributed by atoms with Crippen molar-refractivity contribution in [2.24, 2.45) is 0 Å². The maximum Gasteiger partial charge on any atom is 0.123 e. The van der Waals surface area contributed by atoms with Gasteiger partial charge in [-0.3, -0.25) is 0 Å². The Morgan fingerprint density at radius 2 is 1.80 bits per heavy atom. The fraction of sp³-hybridized carbons (Fsp3) is 0.333. The van der Waals surface area contributed by atoms with Crippen molar-refractivity contribution in [2.45, 2.75) is 38.2 Å². The molecule has 2 aromatic rings. The molecule has 1 N–H and O–H groups in total. The minimum absolute atomic E-state index is 0.222. The van der Waals surface area contributed by atoms with Gasteiger partial charge in [-0.25, -0.2) is 4.39 Å². The van der Waals surface area contributed by atoms with Crippen LogP contribution < -0.4 is 0 Å². The van der Waals surface area contributed by atoms with E-state index in [0.29, 0.717) is 12.8 Å². The molecule has 2 aromatic carbocycles. The van der Waals surface area contributed by atoms with Crippen LogP contribution in [0.2, 0.25) is 0 Å². The number of rotatable bonds is 3. The Labute approximate surface area is 119 Å². The molecule has 3 rings (SSSR count). The van der Waals surface area contributed by atoms with Crippen molar-refractivity contribution >= 4 is 0 Å². The number of hydrogen-bond donors (Lipinski definition) is 1. The van der Waals surface area contributed by atoms with Gasteiger partial charge in [-0.2, -0.15) is 0 Å². The quantitative estimate of drug-likeness (QED) is 0.900. The molecule has 0 spiro atoms. The molecular formula is C18H19FO. The molecule has 104 valence electrons. The number of hydrogen-bond acceptors (Lipinski definition) is 1. The third-order valence-electron chi connectivity index (χ3n) is 4.30. The second-order valence-corrected chi connectivity index (χ2v) is 5.68. The standard InChI is InChI=1S/C18H19FO/c1-2-13-3-5-14(6-4-13)12-18(20)10-9-15-11-16(19)7-8-17(15)18/h3-8,11,20H,2,9-10,12H2,1H3. The summed E-state index contributed by atoms with van der Waals surface area (Å²) in [5.74, 6) is -0.222. The molecule has 0 heterocycles. The summed E-state index contributed by atoms with van der Waals surface area (Å²) in [6.07, 6.45) is 3.03. The lowest BCUT2D eigenvalue weighted by Crippen LogP contribution is -2.25. The molecule has 1 nitrogen and oxygen atoms in total. The van der Waals surface area contributed by atoms with Gasteiger partial charge in [-0.1, -0.05) is 37.3 Å². The minimum Gasteiger partial charge on any atom is -0.385 e. The fourth-order valence-corrected chi connectivity index (χ4v) is 3.11. The van der Waals surface area contributed by atoms with Gasteiger partial charge in [-0.15, -0.1) is 0 Å². The van der Waals surface area contributed by atoms with Crippen molar-refractivity contribution in [3.63, 3.8) is 0 Å². The van der Waals surface area contributed by atoms with Crippen molar-refractivity contribution in [1.82, 2.24) is 0 Å². The molecule has 0 radical (unpaired) electrons. The van der Waals surface area contributed by atoms with Gasteiger partial charge < -0.3 is 5.11 Å². The predicted molar refractivity (Wildman–Crippen MR) is 78.1 cm³/mol. The van der Waals surface area contributed by atoms with Crippen LogP contribution in [0.1, 0.15) is 35.6 Å². The molecule has 1 aliphatic carbocycles. The number of halogens is 1. The van der Waals surface area contributed by atoms with Crippen molar-refractivity contribution in [3.8, 4) is 0 Å². The number of benzene rings is 2. The Bertz CT molecular complexity index is 618. The molecule has 1 unspecified atom stereocenters. The SMILES string of the molecule is CCc1ccc(CC2(O)CCc3cc(F)ccc32)cc1. The molecule has 0 saturated heterocycles. The molecule has 0 aliphatic heterocycles. The summed E-state index contributed by atoms with van der Waals surface area (Å²) < 4.78 is 13.2. The molecule has 1 atom stereocenters. The smallest absolute Gasteiger partial charge is 0.123 e. The van der Waals surface area contributed by atoms with Gasteiger partial charge in [0.25, 0.3) is 0 Å². The predicted octanol–water partition coefficient (Wildman–Crippen LogP) is 3.76. The molecule has 1 aliphatic rings. The first-order valence-electron chi connectivity index (χ1n) is 7.20. The molecule has 0 bridgehead atoms. The van der Waals surface area contributed by atoms with Gasteiger partial charge in [0.1, 0.15) is 5.82 Å². The molecular weight excluding hydrogens is 251 g/mol. The average Bonchev–Trinajstić information content (AvgIpc) is 2.76. The zero-order valence-corrected chi connectivity index (χ0v) is 11.7. The highest BCUT2D eigenvalue weighted by molar-refractivity contribution is 5.39. The highest BCUT2D eigenvalue weighted by atomic mass is 19.1. The fourth-order valence-electron chi connectivity index (χ4n) is 3.11. The van der Waals surface area contributed by atoms with Gasteiger partial charge in [-0.05, 0) is 53.6 Å². The van der Waals surface area contributed by atoms with Gasteiger partial charge in [0.15, 0.2) is 0 Å². The largest absolute Gasteiger partial charge is 0.385 e. The zero-order chi connectivity index (χ0) is 14.2. The zero-order valence-electron chi connectivity index (χ0n) is 11.7. The van der Waals surface area contributed by atoms with Crippen LogP contribution in [0.5, 0.6) is 0 Å². The van der Waals surface area contributed by atoms with Crippen molar-refractivity contribution in [3.05, 3.63) is 70.5 Å². The molecule has 20 heavy (non-hydrogen) atoms. The van der Waals surface area contributed by atoms with Crippen LogP contribution in [0.3, 0.4) is 0 Å². The van der Waals surface area contributed by atoms with Gasteiger partial charge in [0.05, 0.1) is 5.60 Å². The van der Waals surface area contributed by atoms with E-state index in [-0.39, 0.29) is 5.82 Å². The van der Waals surface area contributed by atoms with Crippen molar-refractivity contribution in [1.29, 1.82) is 0 Å². The molecule has 2 heteroatoms. The van der Waals surface area contributed by atoms with Gasteiger partial charge in [0, 0.05) is 6.42 Å². The normalized spacial score (nSPS) is 20.9. The summed E-state index contributed by atoms with van der Waals surface area (Å²) >= 11 is 0. The van der Waals surface area contributed by atoms with Crippen LogP contribution >= 0.6 is 0 Å². The average molecular weight is 270 g/mol. The topological polar surface area (TPSA) is 20.2 Å². The van der Waals surface area contributed by atoms with E-state index in [9.17, 15) is 9.50 Å². The van der Waals surface area contributed by atoms with E-state index in [2.05, 4.69) is 31.2 Å². The van der Waals surface area contributed by atoms with Crippen LogP contribution in [0.15, 0.2) is 42.5 Å². The van der Waals surface area contributed by atoms with Crippen LogP contribution in [0, 0.1) is 5.82 Å². The summed E-state index contributed by atoms with van der Waals surface area (Å²) in [5, 5.41) is 10.9. The summed E-state index contributed by atoms with van der Waals surface area (Å²) in [7, 11) is 0. The number of aliphatic hydroxyl groups is 1. The van der Waals surface area contributed by atoms with Crippen molar-refractivity contribution < 1.29 is 9.50 Å². The molecule has 0 aromatic heterocycles. The third-order valence-corrected chi connectivity index (χ3v) is 4.30. The number of fused-ring (bicyclic) bond motifs is 1. The van der Waals surface area contributed by atoms with Gasteiger partial charge >= 0.3 is 0 Å². The maximum atomic E-state index is 13.2. The first-order valence-corrected chi connectivity index (χ1v) is 7.20. The second kappa shape index (κ2) is 5.02. The second-order valence-electron chi connectivity index (χ2n) is 5.68. The lowest BCUT2D eigenvalue weighted by atomic mass is 9.88. The van der Waals surface area contributed by atoms with E-state index < -0.39 is 5.60 Å². The monoisotopic (exact) mass is 270 g/mol. The van der Waals surface area contributed by atoms with Crippen LogP contribution in [0.4, 0.5) is 4.39 Å². The molecule has 0 saturated carbocycles. The number of aryl methyl sites for hydroxylation is 2. The van der Waals surface area contributed by atoms with Crippen LogP contribution in [-0.4, -0.2) is 5.11 Å². The van der Waals surface area contributed by atoms with E-state index >= 15 is 0 Å². The Morgan fingerprint density at radius 3 is 2.50 bits per heavy atom. The van der Waals surface area contributed by atoms with E-state index in [1.165, 1.54) is 11.6 Å². The summed E-state index contributed by atoms with van der Waals surface area (Å²) in [6, 6.07) is 13.1. The third kappa shape index (κ3) is 2.36. The maximum absolute atomic E-state index is 13.2. The van der Waals surface area contributed by atoms with Crippen LogP contribution in [-0.2, 0) is 24.9 Å². The molecule has 0 amide bonds. The minimum atomic E-state index is -0.850. The van der Waals surface area contributed by atoms with E-state index in [1.54, 1.807) is 12.1 Å². The summed E-state index contributed by atoms with van der Waals surface area (Å²) in [4.78, 5) is 0. The van der Waals surface area contributed by atoms with E-state index in [1.807, 2.05) is 0 Å². The highest BCUT2D eigenvalue weighted by Gasteiger charge is 2.36. The van der Waals surface area contributed by atoms with E-state index in [0.717, 1.165) is 29.5 Å². The summed E-state index contributed by atoms with van der Waals surface area (Å²) in [5.41, 5.74) is 3.41. The van der Waals surface area contributed by atoms with E-state index in [4.69, 9.17) is 0 Å². The Hall–Kier alpha value is -1.67. The Morgan fingerprint density at radius 1 is 1.10 bits per heavy atom. The first kappa shape index (κ1) is 13.3. The molecule has 0 fully saturated rings. The Balaban J connectivity index is 1.87. The lowest BCUT2D eigenvalue weighted by molar-refractivity contribution is 0.0389. The van der Waals surface area contributed by atoms with Gasteiger partial charge in [0.2, 0.25) is 0 Å². The lowest BCUT2D eigenvalue weighted by Gasteiger charge is -2.24. The van der Waals surface area contributed by atoms with Crippen molar-refractivity contribution in [2.75, 3.05) is 0 Å².